The summed E-state index contributed by atoms with van der Waals surface area (Å²) in [4.78, 5) is 13.6. The molecule has 4 aromatic carbocycles. The number of hydrogen-bond acceptors (Lipinski definition) is 4. The highest BCUT2D eigenvalue weighted by atomic mass is 32.2. The Labute approximate surface area is 218 Å². The lowest BCUT2D eigenvalue weighted by Gasteiger charge is -2.26. The van der Waals surface area contributed by atoms with Crippen LogP contribution in [0.25, 0.3) is 0 Å². The summed E-state index contributed by atoms with van der Waals surface area (Å²) in [5.74, 6) is 0.158. The second-order valence-electron chi connectivity index (χ2n) is 8.84. The van der Waals surface area contributed by atoms with E-state index < -0.39 is 28.5 Å². The number of rotatable bonds is 9. The molecular formula is C30H30N2O4S. The zero-order valence-electron chi connectivity index (χ0n) is 21.1. The van der Waals surface area contributed by atoms with E-state index in [1.165, 1.54) is 7.11 Å². The van der Waals surface area contributed by atoms with Crippen molar-refractivity contribution < 1.29 is 17.9 Å². The van der Waals surface area contributed by atoms with Crippen molar-refractivity contribution in [1.82, 2.24) is 5.32 Å². The minimum absolute atomic E-state index is 0.111. The van der Waals surface area contributed by atoms with E-state index in [0.29, 0.717) is 11.4 Å². The zero-order valence-corrected chi connectivity index (χ0v) is 21.9. The lowest BCUT2D eigenvalue weighted by molar-refractivity contribution is -0.120. The van der Waals surface area contributed by atoms with Crippen LogP contribution in [0.2, 0.25) is 0 Å². The van der Waals surface area contributed by atoms with Gasteiger partial charge in [0.2, 0.25) is 5.91 Å². The summed E-state index contributed by atoms with van der Waals surface area (Å²) in [6.07, 6.45) is 0. The van der Waals surface area contributed by atoms with Gasteiger partial charge >= 0.3 is 0 Å². The van der Waals surface area contributed by atoms with E-state index in [2.05, 4.69) is 5.32 Å². The number of carbonyl (C=O) groups is 1. The fourth-order valence-corrected chi connectivity index (χ4v) is 5.42. The highest BCUT2D eigenvalue weighted by Crippen LogP contribution is 2.27. The lowest BCUT2D eigenvalue weighted by atomic mass is 9.98. The lowest BCUT2D eigenvalue weighted by Crippen LogP contribution is -2.42. The summed E-state index contributed by atoms with van der Waals surface area (Å²) < 4.78 is 33.8. The highest BCUT2D eigenvalue weighted by molar-refractivity contribution is 7.92. The molecule has 0 fully saturated rings. The number of nitrogens with one attached hydrogen (secondary N) is 1. The molecule has 190 valence electrons. The van der Waals surface area contributed by atoms with Crippen LogP contribution in [0.3, 0.4) is 0 Å². The van der Waals surface area contributed by atoms with E-state index in [0.717, 1.165) is 26.6 Å². The molecule has 0 radical (unpaired) electrons. The maximum atomic E-state index is 13.7. The molecule has 0 heterocycles. The van der Waals surface area contributed by atoms with Crippen LogP contribution in [-0.2, 0) is 14.8 Å². The van der Waals surface area contributed by atoms with Gasteiger partial charge in [-0.05, 0) is 61.4 Å². The van der Waals surface area contributed by atoms with E-state index in [9.17, 15) is 13.2 Å². The highest BCUT2D eigenvalue weighted by Gasteiger charge is 2.28. The first-order chi connectivity index (χ1) is 17.8. The maximum Gasteiger partial charge on any atom is 0.264 e. The second-order valence-corrected chi connectivity index (χ2v) is 10.7. The van der Waals surface area contributed by atoms with Crippen LogP contribution < -0.4 is 14.4 Å². The molecular weight excluding hydrogens is 484 g/mol. The number of sulfonamides is 1. The monoisotopic (exact) mass is 514 g/mol. The Kier molecular flexibility index (Phi) is 7.94. The van der Waals surface area contributed by atoms with Gasteiger partial charge in [0.15, 0.2) is 0 Å². The second kappa shape index (κ2) is 11.3. The number of methoxy groups -OCH3 is 1. The Balaban J connectivity index is 1.68. The molecule has 1 atom stereocenters. The van der Waals surface area contributed by atoms with Crippen LogP contribution >= 0.6 is 0 Å². The van der Waals surface area contributed by atoms with Crippen LogP contribution in [0.15, 0.2) is 108 Å². The number of anilines is 1. The van der Waals surface area contributed by atoms with Gasteiger partial charge in [0, 0.05) is 0 Å². The van der Waals surface area contributed by atoms with Crippen molar-refractivity contribution in [1.29, 1.82) is 0 Å². The van der Waals surface area contributed by atoms with E-state index in [-0.39, 0.29) is 4.90 Å². The van der Waals surface area contributed by atoms with Crippen LogP contribution in [0.1, 0.15) is 28.3 Å². The Hall–Kier alpha value is -4.10. The third-order valence-electron chi connectivity index (χ3n) is 6.11. The molecule has 0 spiro atoms. The fraction of sp³-hybridized carbons (Fsp3) is 0.167. The molecule has 0 saturated heterocycles. The smallest absolute Gasteiger partial charge is 0.264 e. The minimum Gasteiger partial charge on any atom is -0.497 e. The van der Waals surface area contributed by atoms with Gasteiger partial charge in [0.25, 0.3) is 10.0 Å². The number of benzene rings is 4. The topological polar surface area (TPSA) is 75.7 Å². The maximum absolute atomic E-state index is 13.7. The van der Waals surface area contributed by atoms with Crippen LogP contribution in [-0.4, -0.2) is 28.0 Å². The zero-order chi connectivity index (χ0) is 26.4. The van der Waals surface area contributed by atoms with Crippen molar-refractivity contribution in [3.8, 4) is 5.75 Å². The van der Waals surface area contributed by atoms with E-state index in [1.807, 2.05) is 68.4 Å². The van der Waals surface area contributed by atoms with Crippen molar-refractivity contribution in [3.63, 3.8) is 0 Å². The molecule has 0 saturated carbocycles. The molecule has 0 aliphatic rings. The molecule has 4 aromatic rings. The summed E-state index contributed by atoms with van der Waals surface area (Å²) in [5.41, 5.74) is 4.22. The minimum atomic E-state index is -4.02. The van der Waals surface area contributed by atoms with Crippen molar-refractivity contribution in [2.75, 3.05) is 18.0 Å². The molecule has 6 nitrogen and oxygen atoms in total. The van der Waals surface area contributed by atoms with Gasteiger partial charge in [-0.15, -0.1) is 0 Å². The summed E-state index contributed by atoms with van der Waals surface area (Å²) in [6, 6.07) is 30.3. The number of aryl methyl sites for hydroxylation is 2. The first kappa shape index (κ1) is 26.0. The van der Waals surface area contributed by atoms with Crippen LogP contribution in [0.5, 0.6) is 5.75 Å². The largest absolute Gasteiger partial charge is 0.497 e. The Morgan fingerprint density at radius 3 is 1.89 bits per heavy atom. The predicted octanol–water partition coefficient (Wildman–Crippen LogP) is 5.41. The summed E-state index contributed by atoms with van der Waals surface area (Å²) >= 11 is 0. The SMILES string of the molecule is COc1ccc(N(CC(=O)N[C@@H](c2ccccc2)c2ccc(C)cc2)S(=O)(=O)c2ccc(C)cc2)cc1. The normalized spacial score (nSPS) is 12.0. The van der Waals surface area contributed by atoms with Gasteiger partial charge in [-0.3, -0.25) is 9.10 Å². The van der Waals surface area contributed by atoms with Gasteiger partial charge in [0.1, 0.15) is 12.3 Å². The number of ether oxygens (including phenoxy) is 1. The average Bonchev–Trinajstić information content (AvgIpc) is 2.92. The van der Waals surface area contributed by atoms with Crippen molar-refractivity contribution in [2.45, 2.75) is 24.8 Å². The fourth-order valence-electron chi connectivity index (χ4n) is 4.00. The van der Waals surface area contributed by atoms with Gasteiger partial charge in [-0.2, -0.15) is 0 Å². The average molecular weight is 515 g/mol. The van der Waals surface area contributed by atoms with Crippen LogP contribution in [0.4, 0.5) is 5.69 Å². The Bertz CT molecular complexity index is 1430. The van der Waals surface area contributed by atoms with Gasteiger partial charge < -0.3 is 10.1 Å². The Morgan fingerprint density at radius 1 is 0.784 bits per heavy atom. The van der Waals surface area contributed by atoms with Crippen molar-refractivity contribution in [3.05, 3.63) is 125 Å². The third kappa shape index (κ3) is 6.19. The van der Waals surface area contributed by atoms with Gasteiger partial charge in [0.05, 0.1) is 23.7 Å². The molecule has 4 rings (SSSR count). The molecule has 0 aliphatic heterocycles. The predicted molar refractivity (Wildman–Crippen MR) is 146 cm³/mol. The van der Waals surface area contributed by atoms with E-state index in [4.69, 9.17) is 4.74 Å². The standard InChI is InChI=1S/C30H30N2O4S/c1-22-9-13-25(14-10-22)30(24-7-5-4-6-8-24)31-29(33)21-32(26-15-17-27(36-3)18-16-26)37(34,35)28-19-11-23(2)12-20-28/h4-20,30H,21H2,1-3H3,(H,31,33)/t30-/m0/s1. The third-order valence-corrected chi connectivity index (χ3v) is 7.89. The molecule has 1 amide bonds. The molecule has 1 N–H and O–H groups in total. The van der Waals surface area contributed by atoms with E-state index >= 15 is 0 Å². The number of nitrogens with zero attached hydrogens (tertiary/aromatic N) is 1. The molecule has 0 unspecified atom stereocenters. The Morgan fingerprint density at radius 2 is 1.32 bits per heavy atom. The van der Waals surface area contributed by atoms with Gasteiger partial charge in [-0.25, -0.2) is 8.42 Å². The van der Waals surface area contributed by atoms with Crippen molar-refractivity contribution >= 4 is 21.6 Å². The van der Waals surface area contributed by atoms with Gasteiger partial charge in [-0.1, -0.05) is 77.9 Å². The van der Waals surface area contributed by atoms with E-state index in [1.54, 1.807) is 48.5 Å². The number of carbonyl (C=O) groups excluding carboxylic acids is 1. The van der Waals surface area contributed by atoms with Crippen LogP contribution in [0, 0.1) is 13.8 Å². The first-order valence-corrected chi connectivity index (χ1v) is 13.4. The molecule has 7 heteroatoms. The molecule has 0 bridgehead atoms. The molecule has 0 aliphatic carbocycles. The first-order valence-electron chi connectivity index (χ1n) is 11.9. The summed E-state index contributed by atoms with van der Waals surface area (Å²) in [5, 5.41) is 3.05. The molecule has 37 heavy (non-hydrogen) atoms. The number of hydrogen-bond donors (Lipinski definition) is 1. The summed E-state index contributed by atoms with van der Waals surface area (Å²) in [7, 11) is -2.48. The van der Waals surface area contributed by atoms with Crippen molar-refractivity contribution in [2.24, 2.45) is 0 Å². The summed E-state index contributed by atoms with van der Waals surface area (Å²) in [6.45, 7) is 3.50. The quantitative estimate of drug-likeness (QED) is 0.324. The molecule has 0 aromatic heterocycles. The number of amides is 1.